The first-order valence-corrected chi connectivity index (χ1v) is 7.80. The summed E-state index contributed by atoms with van der Waals surface area (Å²) in [5, 5.41) is 9.16. The highest BCUT2D eigenvalue weighted by Gasteiger charge is 2.14. The molecule has 0 amide bonds. The van der Waals surface area contributed by atoms with Crippen LogP contribution in [0, 0.1) is 6.92 Å². The minimum atomic E-state index is -3.81. The molecule has 1 aromatic heterocycles. The van der Waals surface area contributed by atoms with Gasteiger partial charge in [-0.15, -0.1) is 11.3 Å². The predicted molar refractivity (Wildman–Crippen MR) is 76.4 cm³/mol. The molecule has 0 aliphatic rings. The fraction of sp³-hybridized carbons (Fsp3) is 0.182. The maximum atomic E-state index is 11.5. The number of nitrogens with zero attached hydrogens (tertiary/aromatic N) is 1. The monoisotopic (exact) mass is 298 g/mol. The lowest BCUT2D eigenvalue weighted by Gasteiger charge is -2.10. The molecule has 0 bridgehead atoms. The van der Waals surface area contributed by atoms with E-state index in [1.807, 2.05) is 6.92 Å². The van der Waals surface area contributed by atoms with Crippen molar-refractivity contribution in [3.05, 3.63) is 34.3 Å². The van der Waals surface area contributed by atoms with Crippen LogP contribution in [0.5, 0.6) is 0 Å². The van der Waals surface area contributed by atoms with Gasteiger partial charge in [-0.05, 0) is 25.1 Å². The van der Waals surface area contributed by atoms with Crippen LogP contribution in [0.2, 0.25) is 0 Å². The van der Waals surface area contributed by atoms with Crippen molar-refractivity contribution >= 4 is 32.7 Å². The number of anilines is 2. The van der Waals surface area contributed by atoms with Gasteiger partial charge in [-0.1, -0.05) is 0 Å². The Morgan fingerprint density at radius 3 is 2.74 bits per heavy atom. The fourth-order valence-electron chi connectivity index (χ4n) is 1.59. The molecule has 0 unspecified atom stereocenters. The smallest absolute Gasteiger partial charge is 0.240 e. The van der Waals surface area contributed by atoms with Crippen molar-refractivity contribution in [2.24, 2.45) is 5.14 Å². The van der Waals surface area contributed by atoms with E-state index in [4.69, 9.17) is 10.9 Å². The van der Waals surface area contributed by atoms with Gasteiger partial charge in [-0.25, -0.2) is 18.5 Å². The molecule has 102 valence electrons. The lowest BCUT2D eigenvalue weighted by Crippen LogP contribution is -2.15. The molecule has 0 aliphatic carbocycles. The van der Waals surface area contributed by atoms with Crippen LogP contribution in [0.4, 0.5) is 11.4 Å². The molecule has 0 spiro atoms. The lowest BCUT2D eigenvalue weighted by atomic mass is 10.3. The highest BCUT2D eigenvalue weighted by Crippen LogP contribution is 2.24. The van der Waals surface area contributed by atoms with Gasteiger partial charge in [0.2, 0.25) is 10.0 Å². The maximum absolute atomic E-state index is 11.5. The fourth-order valence-corrected chi connectivity index (χ4v) is 3.07. The third-order valence-corrected chi connectivity index (χ3v) is 4.30. The SMILES string of the molecule is Cc1ncc(CNc2ccc(N)cc2S(N)(=O)=O)s1. The molecular formula is C11H14N4O2S2. The Balaban J connectivity index is 2.25. The van der Waals surface area contributed by atoms with Crippen LogP contribution < -0.4 is 16.2 Å². The number of benzene rings is 1. The molecule has 0 saturated carbocycles. The zero-order valence-electron chi connectivity index (χ0n) is 10.3. The van der Waals surface area contributed by atoms with E-state index in [2.05, 4.69) is 10.3 Å². The molecule has 2 aromatic rings. The second-order valence-electron chi connectivity index (χ2n) is 4.00. The van der Waals surface area contributed by atoms with Gasteiger partial charge in [0.1, 0.15) is 4.90 Å². The van der Waals surface area contributed by atoms with Gasteiger partial charge >= 0.3 is 0 Å². The zero-order valence-corrected chi connectivity index (χ0v) is 11.9. The predicted octanol–water partition coefficient (Wildman–Crippen LogP) is 1.29. The highest BCUT2D eigenvalue weighted by molar-refractivity contribution is 7.89. The Kier molecular flexibility index (Phi) is 3.74. The molecule has 0 saturated heterocycles. The first kappa shape index (κ1) is 13.8. The standard InChI is InChI=1S/C11H14N4O2S2/c1-7-14-5-9(18-7)6-15-10-3-2-8(12)4-11(10)19(13,16)17/h2-5,15H,6,12H2,1H3,(H2,13,16,17). The van der Waals surface area contributed by atoms with Crippen molar-refractivity contribution in [3.8, 4) is 0 Å². The van der Waals surface area contributed by atoms with Crippen LogP contribution in [-0.2, 0) is 16.6 Å². The van der Waals surface area contributed by atoms with Crippen LogP contribution in [0.3, 0.4) is 0 Å². The van der Waals surface area contributed by atoms with E-state index < -0.39 is 10.0 Å². The first-order chi connectivity index (χ1) is 8.86. The topological polar surface area (TPSA) is 111 Å². The van der Waals surface area contributed by atoms with E-state index in [0.29, 0.717) is 17.9 Å². The summed E-state index contributed by atoms with van der Waals surface area (Å²) in [7, 11) is -3.81. The number of nitrogen functional groups attached to an aromatic ring is 1. The summed E-state index contributed by atoms with van der Waals surface area (Å²) in [5.41, 5.74) is 6.36. The summed E-state index contributed by atoms with van der Waals surface area (Å²) in [6.45, 7) is 2.39. The van der Waals surface area contributed by atoms with Crippen LogP contribution in [0.25, 0.3) is 0 Å². The molecule has 0 aliphatic heterocycles. The van der Waals surface area contributed by atoms with Crippen molar-refractivity contribution in [2.45, 2.75) is 18.4 Å². The third kappa shape index (κ3) is 3.43. The molecule has 1 heterocycles. The zero-order chi connectivity index (χ0) is 14.0. The number of primary sulfonamides is 1. The summed E-state index contributed by atoms with van der Waals surface area (Å²) in [4.78, 5) is 5.13. The number of thiazole rings is 1. The van der Waals surface area contributed by atoms with Crippen LogP contribution >= 0.6 is 11.3 Å². The van der Waals surface area contributed by atoms with Gasteiger partial charge < -0.3 is 11.1 Å². The molecule has 19 heavy (non-hydrogen) atoms. The third-order valence-electron chi connectivity index (χ3n) is 2.43. The Bertz CT molecular complexity index is 694. The highest BCUT2D eigenvalue weighted by atomic mass is 32.2. The normalized spacial score (nSPS) is 11.5. The average molecular weight is 298 g/mol. The molecule has 6 nitrogen and oxygen atoms in total. The molecule has 5 N–H and O–H groups in total. The molecule has 0 atom stereocenters. The number of hydrogen-bond donors (Lipinski definition) is 3. The van der Waals surface area contributed by atoms with E-state index in [9.17, 15) is 8.42 Å². The summed E-state index contributed by atoms with van der Waals surface area (Å²) < 4.78 is 23.0. The minimum Gasteiger partial charge on any atom is -0.399 e. The Hall–Kier alpha value is -1.64. The van der Waals surface area contributed by atoms with Gasteiger partial charge in [0.15, 0.2) is 0 Å². The van der Waals surface area contributed by atoms with Crippen molar-refractivity contribution in [3.63, 3.8) is 0 Å². The maximum Gasteiger partial charge on any atom is 0.240 e. The van der Waals surface area contributed by atoms with Gasteiger partial charge in [-0.2, -0.15) is 0 Å². The van der Waals surface area contributed by atoms with Crippen molar-refractivity contribution < 1.29 is 8.42 Å². The number of aromatic nitrogens is 1. The molecule has 2 rings (SSSR count). The van der Waals surface area contributed by atoms with Gasteiger partial charge in [-0.3, -0.25) is 0 Å². The lowest BCUT2D eigenvalue weighted by molar-refractivity contribution is 0.598. The van der Waals surface area contributed by atoms with Gasteiger partial charge in [0.05, 0.1) is 17.2 Å². The Labute approximate surface area is 115 Å². The van der Waals surface area contributed by atoms with E-state index in [0.717, 1.165) is 9.88 Å². The largest absolute Gasteiger partial charge is 0.399 e. The van der Waals surface area contributed by atoms with E-state index in [1.165, 1.54) is 6.07 Å². The Morgan fingerprint density at radius 2 is 2.16 bits per heavy atom. The molecule has 0 fully saturated rings. The second kappa shape index (κ2) is 5.16. The Morgan fingerprint density at radius 1 is 1.42 bits per heavy atom. The van der Waals surface area contributed by atoms with E-state index >= 15 is 0 Å². The van der Waals surface area contributed by atoms with Gasteiger partial charge in [0, 0.05) is 16.8 Å². The van der Waals surface area contributed by atoms with Crippen molar-refractivity contribution in [2.75, 3.05) is 11.1 Å². The number of sulfonamides is 1. The number of aryl methyl sites for hydroxylation is 1. The average Bonchev–Trinajstić information content (AvgIpc) is 2.72. The number of hydrogen-bond acceptors (Lipinski definition) is 6. The summed E-state index contributed by atoms with van der Waals surface area (Å²) >= 11 is 1.54. The second-order valence-corrected chi connectivity index (χ2v) is 6.85. The van der Waals surface area contributed by atoms with E-state index in [1.54, 1.807) is 29.7 Å². The first-order valence-electron chi connectivity index (χ1n) is 5.44. The summed E-state index contributed by atoms with van der Waals surface area (Å²) in [5.74, 6) is 0. The number of nitrogens with two attached hydrogens (primary N) is 2. The number of rotatable bonds is 4. The van der Waals surface area contributed by atoms with E-state index in [-0.39, 0.29) is 4.90 Å². The van der Waals surface area contributed by atoms with Crippen LogP contribution in [-0.4, -0.2) is 13.4 Å². The van der Waals surface area contributed by atoms with Crippen molar-refractivity contribution in [1.29, 1.82) is 0 Å². The number of nitrogens with one attached hydrogen (secondary N) is 1. The molecule has 1 aromatic carbocycles. The van der Waals surface area contributed by atoms with Crippen molar-refractivity contribution in [1.82, 2.24) is 4.98 Å². The molecule has 0 radical (unpaired) electrons. The van der Waals surface area contributed by atoms with Gasteiger partial charge in [0.25, 0.3) is 0 Å². The molecule has 8 heteroatoms. The molecular weight excluding hydrogens is 284 g/mol. The van der Waals surface area contributed by atoms with Crippen LogP contribution in [0.1, 0.15) is 9.88 Å². The summed E-state index contributed by atoms with van der Waals surface area (Å²) in [6, 6.07) is 4.56. The summed E-state index contributed by atoms with van der Waals surface area (Å²) in [6.07, 6.45) is 1.75. The quantitative estimate of drug-likeness (QED) is 0.737. The van der Waals surface area contributed by atoms with Crippen LogP contribution in [0.15, 0.2) is 29.3 Å². The minimum absolute atomic E-state index is 0.00580.